The Bertz CT molecular complexity index is 349. The molecule has 0 unspecified atom stereocenters. The average Bonchev–Trinajstić information content (AvgIpc) is 2.48. The van der Waals surface area contributed by atoms with Gasteiger partial charge in [0.15, 0.2) is 0 Å². The summed E-state index contributed by atoms with van der Waals surface area (Å²) in [6, 6.07) is 1.47. The first kappa shape index (κ1) is 11.6. The molecule has 0 bridgehead atoms. The summed E-state index contributed by atoms with van der Waals surface area (Å²) in [6.45, 7) is 1.42. The summed E-state index contributed by atoms with van der Waals surface area (Å²) >= 11 is 0. The predicted molar refractivity (Wildman–Crippen MR) is 50.7 cm³/mol. The van der Waals surface area contributed by atoms with E-state index in [0.717, 1.165) is 11.1 Å². The van der Waals surface area contributed by atoms with Gasteiger partial charge in [-0.2, -0.15) is 5.10 Å². The van der Waals surface area contributed by atoms with Crippen LogP contribution in [0.4, 0.5) is 8.78 Å². The Kier molecular flexibility index (Phi) is 3.76. The van der Waals surface area contributed by atoms with Crippen molar-refractivity contribution in [2.45, 2.75) is 32.7 Å². The lowest BCUT2D eigenvalue weighted by molar-refractivity contribution is 0.0988. The van der Waals surface area contributed by atoms with Crippen LogP contribution in [0.15, 0.2) is 6.07 Å². The molecule has 6 heteroatoms. The van der Waals surface area contributed by atoms with Gasteiger partial charge in [0.1, 0.15) is 12.2 Å². The summed E-state index contributed by atoms with van der Waals surface area (Å²) in [4.78, 5) is 10.8. The van der Waals surface area contributed by atoms with Crippen LogP contribution >= 0.6 is 0 Å². The highest BCUT2D eigenvalue weighted by molar-refractivity contribution is 5.90. The van der Waals surface area contributed by atoms with Crippen molar-refractivity contribution in [3.63, 3.8) is 0 Å². The summed E-state index contributed by atoms with van der Waals surface area (Å²) in [5.41, 5.74) is 5.68. The molecule has 2 N–H and O–H groups in total. The molecule has 0 saturated heterocycles. The van der Waals surface area contributed by atoms with Crippen LogP contribution in [0.1, 0.15) is 29.5 Å². The van der Waals surface area contributed by atoms with E-state index in [9.17, 15) is 13.6 Å². The van der Waals surface area contributed by atoms with Crippen LogP contribution in [0.3, 0.4) is 0 Å². The number of nitrogens with two attached hydrogens (primary N) is 1. The Morgan fingerprint density at radius 2 is 2.33 bits per heavy atom. The minimum Gasteiger partial charge on any atom is -0.364 e. The second-order valence-electron chi connectivity index (χ2n) is 3.21. The van der Waals surface area contributed by atoms with Gasteiger partial charge in [0, 0.05) is 5.69 Å². The van der Waals surface area contributed by atoms with Crippen molar-refractivity contribution < 1.29 is 13.6 Å². The number of carbonyl (C=O) groups is 1. The van der Waals surface area contributed by atoms with E-state index in [0.29, 0.717) is 12.1 Å². The van der Waals surface area contributed by atoms with Gasteiger partial charge in [-0.25, -0.2) is 8.78 Å². The minimum absolute atomic E-state index is 0.0408. The lowest BCUT2D eigenvalue weighted by Gasteiger charge is -2.04. The molecule has 1 aromatic rings. The topological polar surface area (TPSA) is 60.9 Å². The number of rotatable bonds is 5. The highest BCUT2D eigenvalue weighted by Crippen LogP contribution is 2.09. The number of halogens is 2. The molecule has 1 rings (SSSR count). The molecule has 4 nitrogen and oxygen atoms in total. The Hall–Kier alpha value is -1.46. The van der Waals surface area contributed by atoms with Gasteiger partial charge in [0.25, 0.3) is 12.3 Å². The second-order valence-corrected chi connectivity index (χ2v) is 3.21. The van der Waals surface area contributed by atoms with E-state index in [1.54, 1.807) is 0 Å². The van der Waals surface area contributed by atoms with Crippen LogP contribution in [0, 0.1) is 0 Å². The number of nitrogens with zero attached hydrogens (tertiary/aromatic N) is 2. The van der Waals surface area contributed by atoms with E-state index in [4.69, 9.17) is 5.73 Å². The maximum absolute atomic E-state index is 12.2. The average molecular weight is 217 g/mol. The number of hydrogen-bond donors (Lipinski definition) is 1. The van der Waals surface area contributed by atoms with Crippen molar-refractivity contribution >= 4 is 5.91 Å². The molecule has 0 spiro atoms. The minimum atomic E-state index is -2.48. The number of primary amides is 1. The van der Waals surface area contributed by atoms with E-state index in [1.165, 1.54) is 6.07 Å². The quantitative estimate of drug-likeness (QED) is 0.805. The number of alkyl halides is 2. The van der Waals surface area contributed by atoms with E-state index in [-0.39, 0.29) is 5.69 Å². The molecule has 0 aliphatic carbocycles. The predicted octanol–water partition coefficient (Wildman–Crippen LogP) is 1.20. The maximum atomic E-state index is 12.2. The smallest absolute Gasteiger partial charge is 0.269 e. The normalized spacial score (nSPS) is 10.9. The number of aromatic nitrogens is 2. The second kappa shape index (κ2) is 4.86. The first-order chi connectivity index (χ1) is 7.04. The fraction of sp³-hybridized carbons (Fsp3) is 0.556. The largest absolute Gasteiger partial charge is 0.364 e. The summed E-state index contributed by atoms with van der Waals surface area (Å²) in [5, 5.41) is 3.73. The fourth-order valence-corrected chi connectivity index (χ4v) is 1.32. The molecule has 1 amide bonds. The number of hydrogen-bond acceptors (Lipinski definition) is 2. The Morgan fingerprint density at radius 3 is 2.80 bits per heavy atom. The molecule has 0 aliphatic rings. The van der Waals surface area contributed by atoms with Gasteiger partial charge in [-0.15, -0.1) is 0 Å². The fourth-order valence-electron chi connectivity index (χ4n) is 1.32. The molecule has 0 fully saturated rings. The molecule has 0 aliphatic heterocycles. The van der Waals surface area contributed by atoms with E-state index >= 15 is 0 Å². The third kappa shape index (κ3) is 3.00. The first-order valence-corrected chi connectivity index (χ1v) is 4.69. The van der Waals surface area contributed by atoms with Crippen LogP contribution in [0.2, 0.25) is 0 Å². The van der Waals surface area contributed by atoms with Crippen molar-refractivity contribution in [2.75, 3.05) is 0 Å². The highest BCUT2D eigenvalue weighted by Gasteiger charge is 2.14. The van der Waals surface area contributed by atoms with E-state index in [2.05, 4.69) is 5.10 Å². The van der Waals surface area contributed by atoms with Gasteiger partial charge in [-0.3, -0.25) is 9.48 Å². The van der Waals surface area contributed by atoms with Crippen molar-refractivity contribution in [3.05, 3.63) is 17.5 Å². The van der Waals surface area contributed by atoms with Gasteiger partial charge in [-0.1, -0.05) is 13.3 Å². The van der Waals surface area contributed by atoms with Crippen molar-refractivity contribution in [1.82, 2.24) is 9.78 Å². The van der Waals surface area contributed by atoms with Crippen LogP contribution in [0.25, 0.3) is 0 Å². The summed E-state index contributed by atoms with van der Waals surface area (Å²) < 4.78 is 25.5. The zero-order valence-corrected chi connectivity index (χ0v) is 8.41. The Balaban J connectivity index is 2.94. The van der Waals surface area contributed by atoms with Gasteiger partial charge < -0.3 is 5.73 Å². The molecule has 1 aromatic heterocycles. The van der Waals surface area contributed by atoms with Crippen LogP contribution < -0.4 is 5.73 Å². The van der Waals surface area contributed by atoms with Gasteiger partial charge >= 0.3 is 0 Å². The van der Waals surface area contributed by atoms with Gasteiger partial charge in [-0.05, 0) is 12.5 Å². The number of amides is 1. The van der Waals surface area contributed by atoms with Crippen molar-refractivity contribution in [2.24, 2.45) is 5.73 Å². The molecule has 1 heterocycles. The molecular formula is C9H13F2N3O. The number of carbonyl (C=O) groups excluding carboxylic acids is 1. The Morgan fingerprint density at radius 1 is 1.67 bits per heavy atom. The Labute approximate surface area is 86.1 Å². The summed E-state index contributed by atoms with van der Waals surface area (Å²) in [7, 11) is 0. The molecule has 0 aromatic carbocycles. The standard InChI is InChI=1S/C9H13F2N3O/c1-2-3-6-4-7(9(12)15)13-14(6)5-8(10)11/h4,8H,2-3,5H2,1H3,(H2,12,15). The summed E-state index contributed by atoms with van der Waals surface area (Å²) in [6.07, 6.45) is -1.08. The lowest BCUT2D eigenvalue weighted by atomic mass is 10.2. The molecule has 0 atom stereocenters. The van der Waals surface area contributed by atoms with Gasteiger partial charge in [0.05, 0.1) is 0 Å². The van der Waals surface area contributed by atoms with Crippen LogP contribution in [-0.4, -0.2) is 22.1 Å². The zero-order chi connectivity index (χ0) is 11.4. The first-order valence-electron chi connectivity index (χ1n) is 4.69. The monoisotopic (exact) mass is 217 g/mol. The van der Waals surface area contributed by atoms with Crippen LogP contribution in [-0.2, 0) is 13.0 Å². The summed E-state index contributed by atoms with van der Waals surface area (Å²) in [5.74, 6) is -0.694. The third-order valence-corrected chi connectivity index (χ3v) is 1.93. The molecule has 84 valence electrons. The maximum Gasteiger partial charge on any atom is 0.269 e. The van der Waals surface area contributed by atoms with Gasteiger partial charge in [0.2, 0.25) is 0 Å². The lowest BCUT2D eigenvalue weighted by Crippen LogP contribution is -2.14. The zero-order valence-electron chi connectivity index (χ0n) is 8.41. The van der Waals surface area contributed by atoms with Crippen LogP contribution in [0.5, 0.6) is 0 Å². The molecule has 0 radical (unpaired) electrons. The third-order valence-electron chi connectivity index (χ3n) is 1.93. The van der Waals surface area contributed by atoms with Crippen molar-refractivity contribution in [1.29, 1.82) is 0 Å². The highest BCUT2D eigenvalue weighted by atomic mass is 19.3. The SMILES string of the molecule is CCCc1cc(C(N)=O)nn1CC(F)F. The molecule has 15 heavy (non-hydrogen) atoms. The van der Waals surface area contributed by atoms with E-state index in [1.807, 2.05) is 6.92 Å². The molecular weight excluding hydrogens is 204 g/mol. The van der Waals surface area contributed by atoms with E-state index < -0.39 is 18.9 Å². The molecule has 0 saturated carbocycles. The van der Waals surface area contributed by atoms with Crippen molar-refractivity contribution in [3.8, 4) is 0 Å². The number of aryl methyl sites for hydroxylation is 1.